The van der Waals surface area contributed by atoms with E-state index in [0.29, 0.717) is 11.5 Å². The molecular weight excluding hydrogens is 413 g/mol. The molecule has 2 aromatic carbocycles. The van der Waals surface area contributed by atoms with E-state index in [9.17, 15) is 18.0 Å². The lowest BCUT2D eigenvalue weighted by Gasteiger charge is -2.43. The molecule has 3 nitrogen and oxygen atoms in total. The van der Waals surface area contributed by atoms with E-state index >= 15 is 0 Å². The molecule has 0 radical (unpaired) electrons. The highest BCUT2D eigenvalue weighted by atomic mass is 19.4. The van der Waals surface area contributed by atoms with E-state index in [-0.39, 0.29) is 23.6 Å². The summed E-state index contributed by atoms with van der Waals surface area (Å²) in [5.74, 6) is -1.26. The fraction of sp³-hybridized carbons (Fsp3) is 0.500. The number of hydrogen-bond donors (Lipinski definition) is 0. The molecule has 0 spiro atoms. The van der Waals surface area contributed by atoms with E-state index < -0.39 is 12.1 Å². The summed E-state index contributed by atoms with van der Waals surface area (Å²) in [5, 5.41) is 0. The Balaban J connectivity index is 1.44. The average molecular weight is 445 g/mol. The molecule has 6 heteroatoms. The zero-order chi connectivity index (χ0) is 22.9. The number of hydrogen-bond acceptors (Lipinski definition) is 2. The second-order valence-electron chi connectivity index (χ2n) is 9.38. The van der Waals surface area contributed by atoms with E-state index in [2.05, 4.69) is 36.1 Å². The summed E-state index contributed by atoms with van der Waals surface area (Å²) in [4.78, 5) is 17.9. The number of rotatable bonds is 6. The summed E-state index contributed by atoms with van der Waals surface area (Å²) in [6.07, 6.45) is -1.36. The van der Waals surface area contributed by atoms with Crippen LogP contribution in [0.1, 0.15) is 60.5 Å². The summed E-state index contributed by atoms with van der Waals surface area (Å²) in [6, 6.07) is 16.8. The highest BCUT2D eigenvalue weighted by Gasteiger charge is 2.42. The predicted molar refractivity (Wildman–Crippen MR) is 119 cm³/mol. The summed E-state index contributed by atoms with van der Waals surface area (Å²) < 4.78 is 39.0. The van der Waals surface area contributed by atoms with Crippen LogP contribution >= 0.6 is 0 Å². The van der Waals surface area contributed by atoms with Gasteiger partial charge in [0.1, 0.15) is 0 Å². The van der Waals surface area contributed by atoms with Gasteiger partial charge in [-0.05, 0) is 55.4 Å². The summed E-state index contributed by atoms with van der Waals surface area (Å²) in [7, 11) is 0. The maximum Gasteiger partial charge on any atom is 0.395 e. The fourth-order valence-corrected chi connectivity index (χ4v) is 4.81. The Bertz CT molecular complexity index is 909. The zero-order valence-corrected chi connectivity index (χ0v) is 18.7. The number of piperidine rings is 1. The largest absolute Gasteiger partial charge is 0.395 e. The van der Waals surface area contributed by atoms with Gasteiger partial charge in [-0.2, -0.15) is 13.2 Å². The SMILES string of the molecule is CC(c1ccc(C(=O)N(C2CC2)C2CCN(Cc3ccccc3)C[C@H]2C)cc1)C(F)(F)F. The molecule has 1 amide bonds. The Hall–Kier alpha value is -2.34. The van der Waals surface area contributed by atoms with Crippen molar-refractivity contribution in [3.05, 3.63) is 71.3 Å². The third kappa shape index (κ3) is 5.17. The van der Waals surface area contributed by atoms with Crippen LogP contribution < -0.4 is 0 Å². The van der Waals surface area contributed by atoms with E-state index in [1.807, 2.05) is 11.0 Å². The van der Waals surface area contributed by atoms with Crippen molar-refractivity contribution in [2.24, 2.45) is 5.92 Å². The minimum absolute atomic E-state index is 0.0490. The number of halogens is 3. The van der Waals surface area contributed by atoms with E-state index in [0.717, 1.165) is 45.8 Å². The first-order valence-corrected chi connectivity index (χ1v) is 11.5. The predicted octanol–water partition coefficient (Wildman–Crippen LogP) is 5.87. The lowest BCUT2D eigenvalue weighted by atomic mass is 9.91. The Kier molecular flexibility index (Phi) is 6.61. The molecular formula is C26H31F3N2O. The van der Waals surface area contributed by atoms with Gasteiger partial charge in [0, 0.05) is 37.3 Å². The summed E-state index contributed by atoms with van der Waals surface area (Å²) >= 11 is 0. The van der Waals surface area contributed by atoms with Crippen LogP contribution in [0.5, 0.6) is 0 Å². The number of benzene rings is 2. The van der Waals surface area contributed by atoms with Gasteiger partial charge in [-0.3, -0.25) is 9.69 Å². The topological polar surface area (TPSA) is 23.6 Å². The lowest BCUT2D eigenvalue weighted by Crippen LogP contribution is -2.52. The number of carbonyl (C=O) groups is 1. The Morgan fingerprint density at radius 3 is 2.28 bits per heavy atom. The first-order chi connectivity index (χ1) is 15.2. The minimum atomic E-state index is -4.28. The number of carbonyl (C=O) groups excluding carboxylic acids is 1. The van der Waals surface area contributed by atoms with Gasteiger partial charge < -0.3 is 4.90 Å². The molecule has 172 valence electrons. The molecule has 1 heterocycles. The van der Waals surface area contributed by atoms with Gasteiger partial charge in [0.2, 0.25) is 0 Å². The van der Waals surface area contributed by atoms with Crippen LogP contribution in [0.2, 0.25) is 0 Å². The van der Waals surface area contributed by atoms with Crippen LogP contribution in [0, 0.1) is 5.92 Å². The third-order valence-corrected chi connectivity index (χ3v) is 6.87. The van der Waals surface area contributed by atoms with Crippen LogP contribution in [0.4, 0.5) is 13.2 Å². The zero-order valence-electron chi connectivity index (χ0n) is 18.7. The second kappa shape index (κ2) is 9.26. The maximum atomic E-state index is 13.4. The van der Waals surface area contributed by atoms with Gasteiger partial charge in [0.05, 0.1) is 5.92 Å². The highest BCUT2D eigenvalue weighted by molar-refractivity contribution is 5.95. The number of nitrogens with zero attached hydrogens (tertiary/aromatic N) is 2. The standard InChI is InChI=1S/C26H31F3N2O/c1-18-16-30(17-20-6-4-3-5-7-20)15-14-24(18)31(23-12-13-23)25(32)22-10-8-21(9-11-22)19(2)26(27,28)29/h3-11,18-19,23-24H,12-17H2,1-2H3/t18-,19?,24?/m1/s1. The molecule has 4 rings (SSSR count). The lowest BCUT2D eigenvalue weighted by molar-refractivity contribution is -0.146. The highest BCUT2D eigenvalue weighted by Crippen LogP contribution is 2.37. The Morgan fingerprint density at radius 1 is 1.06 bits per heavy atom. The van der Waals surface area contributed by atoms with Gasteiger partial charge in [0.25, 0.3) is 5.91 Å². The summed E-state index contributed by atoms with van der Waals surface area (Å²) in [5.41, 5.74) is 1.96. The van der Waals surface area contributed by atoms with Gasteiger partial charge in [-0.15, -0.1) is 0 Å². The van der Waals surface area contributed by atoms with Crippen LogP contribution in [0.3, 0.4) is 0 Å². The van der Waals surface area contributed by atoms with Gasteiger partial charge >= 0.3 is 6.18 Å². The van der Waals surface area contributed by atoms with Crippen molar-refractivity contribution in [3.8, 4) is 0 Å². The number of alkyl halides is 3. The fourth-order valence-electron chi connectivity index (χ4n) is 4.81. The van der Waals surface area contributed by atoms with Crippen molar-refractivity contribution in [2.75, 3.05) is 13.1 Å². The van der Waals surface area contributed by atoms with Crippen molar-refractivity contribution in [1.82, 2.24) is 9.80 Å². The molecule has 2 unspecified atom stereocenters. The van der Waals surface area contributed by atoms with Crippen molar-refractivity contribution >= 4 is 5.91 Å². The molecule has 0 bridgehead atoms. The van der Waals surface area contributed by atoms with Crippen molar-refractivity contribution < 1.29 is 18.0 Å². The van der Waals surface area contributed by atoms with Crippen LogP contribution in [-0.2, 0) is 6.54 Å². The first-order valence-electron chi connectivity index (χ1n) is 11.5. The maximum absolute atomic E-state index is 13.4. The Morgan fingerprint density at radius 2 is 1.72 bits per heavy atom. The molecule has 0 N–H and O–H groups in total. The molecule has 2 aliphatic rings. The van der Waals surface area contributed by atoms with Crippen LogP contribution in [0.25, 0.3) is 0 Å². The van der Waals surface area contributed by atoms with Crippen molar-refractivity contribution in [2.45, 2.75) is 63.8 Å². The summed E-state index contributed by atoms with van der Waals surface area (Å²) in [6.45, 7) is 6.13. The minimum Gasteiger partial charge on any atom is -0.332 e. The molecule has 32 heavy (non-hydrogen) atoms. The first kappa shape index (κ1) is 22.8. The average Bonchev–Trinajstić information content (AvgIpc) is 3.60. The van der Waals surface area contributed by atoms with Crippen molar-refractivity contribution in [1.29, 1.82) is 0 Å². The van der Waals surface area contributed by atoms with Crippen molar-refractivity contribution in [3.63, 3.8) is 0 Å². The Labute approximate surface area is 188 Å². The van der Waals surface area contributed by atoms with Gasteiger partial charge in [0.15, 0.2) is 0 Å². The molecule has 1 saturated carbocycles. The van der Waals surface area contributed by atoms with E-state index in [1.54, 1.807) is 12.1 Å². The second-order valence-corrected chi connectivity index (χ2v) is 9.38. The molecule has 0 aromatic heterocycles. The third-order valence-electron chi connectivity index (χ3n) is 6.87. The molecule has 1 aliphatic carbocycles. The van der Waals surface area contributed by atoms with E-state index in [4.69, 9.17) is 0 Å². The molecule has 1 saturated heterocycles. The van der Waals surface area contributed by atoms with Crippen LogP contribution in [0.15, 0.2) is 54.6 Å². The smallest absolute Gasteiger partial charge is 0.332 e. The number of likely N-dealkylation sites (tertiary alicyclic amines) is 1. The quantitative estimate of drug-likeness (QED) is 0.557. The van der Waals surface area contributed by atoms with E-state index in [1.165, 1.54) is 17.7 Å². The van der Waals surface area contributed by atoms with Gasteiger partial charge in [-0.1, -0.05) is 49.4 Å². The molecule has 2 aromatic rings. The molecule has 3 atom stereocenters. The number of amides is 1. The normalized spacial score (nSPS) is 23.0. The molecule has 2 fully saturated rings. The monoisotopic (exact) mass is 444 g/mol. The molecule has 1 aliphatic heterocycles. The van der Waals surface area contributed by atoms with Crippen LogP contribution in [-0.4, -0.2) is 47.1 Å². The van der Waals surface area contributed by atoms with Gasteiger partial charge in [-0.25, -0.2) is 0 Å².